The maximum atomic E-state index is 5.64. The van der Waals surface area contributed by atoms with Crippen LogP contribution in [0, 0.1) is 0 Å². The van der Waals surface area contributed by atoms with Crippen LogP contribution in [0.25, 0.3) is 11.5 Å². The zero-order chi connectivity index (χ0) is 14.4. The molecular weight excluding hydrogens is 254 g/mol. The highest BCUT2D eigenvalue weighted by Crippen LogP contribution is 2.22. The van der Waals surface area contributed by atoms with E-state index in [0.29, 0.717) is 31.0 Å². The average molecular weight is 275 g/mol. The van der Waals surface area contributed by atoms with Crippen LogP contribution in [-0.4, -0.2) is 22.8 Å². The number of hydrogen-bond acceptors (Lipinski definition) is 5. The number of nitrogens with one attached hydrogen (secondary N) is 1. The number of ether oxygens (including phenoxy) is 1. The Morgan fingerprint density at radius 3 is 2.90 bits per heavy atom. The van der Waals surface area contributed by atoms with Crippen molar-refractivity contribution < 1.29 is 9.15 Å². The van der Waals surface area contributed by atoms with Crippen LogP contribution < -0.4 is 10.1 Å². The van der Waals surface area contributed by atoms with Gasteiger partial charge in [0.05, 0.1) is 13.2 Å². The van der Waals surface area contributed by atoms with E-state index in [9.17, 15) is 0 Å². The molecule has 0 fully saturated rings. The molecule has 5 nitrogen and oxygen atoms in total. The highest BCUT2D eigenvalue weighted by atomic mass is 16.5. The maximum absolute atomic E-state index is 5.64. The molecule has 0 aliphatic carbocycles. The van der Waals surface area contributed by atoms with Gasteiger partial charge in [0.2, 0.25) is 11.8 Å². The highest BCUT2D eigenvalue weighted by Gasteiger charge is 2.09. The molecule has 1 aromatic carbocycles. The van der Waals surface area contributed by atoms with Crippen LogP contribution in [0.5, 0.6) is 5.75 Å². The normalized spacial score (nSPS) is 11.0. The number of hydrogen-bond donors (Lipinski definition) is 1. The molecule has 2 aromatic rings. The molecule has 0 saturated carbocycles. The van der Waals surface area contributed by atoms with Crippen LogP contribution in [0.4, 0.5) is 0 Å². The summed E-state index contributed by atoms with van der Waals surface area (Å²) in [4.78, 5) is 0. The van der Waals surface area contributed by atoms with Gasteiger partial charge >= 0.3 is 0 Å². The van der Waals surface area contributed by atoms with E-state index in [2.05, 4.69) is 36.3 Å². The van der Waals surface area contributed by atoms with E-state index in [1.807, 2.05) is 24.3 Å². The Kier molecular flexibility index (Phi) is 5.12. The summed E-state index contributed by atoms with van der Waals surface area (Å²) in [6.45, 7) is 7.51. The lowest BCUT2D eigenvalue weighted by Crippen LogP contribution is -2.21. The van der Waals surface area contributed by atoms with Gasteiger partial charge in [-0.25, -0.2) is 0 Å². The van der Waals surface area contributed by atoms with Gasteiger partial charge in [-0.05, 0) is 24.6 Å². The first kappa shape index (κ1) is 14.5. The molecule has 1 N–H and O–H groups in total. The first-order valence-electron chi connectivity index (χ1n) is 6.98. The topological polar surface area (TPSA) is 60.2 Å². The van der Waals surface area contributed by atoms with Crippen molar-refractivity contribution >= 4 is 0 Å². The van der Waals surface area contributed by atoms with E-state index in [-0.39, 0.29) is 0 Å². The molecule has 0 bridgehead atoms. The Balaban J connectivity index is 2.07. The number of benzene rings is 1. The molecule has 1 aromatic heterocycles. The minimum Gasteiger partial charge on any atom is -0.494 e. The van der Waals surface area contributed by atoms with Gasteiger partial charge in [0.1, 0.15) is 5.75 Å². The molecule has 1 heterocycles. The minimum atomic E-state index is 0.385. The molecule has 0 spiro atoms. The van der Waals surface area contributed by atoms with Crippen molar-refractivity contribution in [2.45, 2.75) is 39.8 Å². The summed E-state index contributed by atoms with van der Waals surface area (Å²) >= 11 is 0. The third kappa shape index (κ3) is 4.06. The smallest absolute Gasteiger partial charge is 0.247 e. The summed E-state index contributed by atoms with van der Waals surface area (Å²) < 4.78 is 11.2. The molecule has 0 aliphatic heterocycles. The third-order valence-electron chi connectivity index (χ3n) is 2.68. The van der Waals surface area contributed by atoms with Gasteiger partial charge < -0.3 is 14.5 Å². The first-order chi connectivity index (χ1) is 9.69. The Morgan fingerprint density at radius 1 is 1.30 bits per heavy atom. The van der Waals surface area contributed by atoms with E-state index >= 15 is 0 Å². The minimum absolute atomic E-state index is 0.385. The van der Waals surface area contributed by atoms with Gasteiger partial charge in [-0.15, -0.1) is 10.2 Å². The lowest BCUT2D eigenvalue weighted by molar-refractivity contribution is 0.317. The van der Waals surface area contributed by atoms with Crippen molar-refractivity contribution in [3.63, 3.8) is 0 Å². The predicted octanol–water partition coefficient (Wildman–Crippen LogP) is 3.02. The van der Waals surface area contributed by atoms with Crippen molar-refractivity contribution in [3.05, 3.63) is 30.2 Å². The largest absolute Gasteiger partial charge is 0.494 e. The monoisotopic (exact) mass is 275 g/mol. The summed E-state index contributed by atoms with van der Waals surface area (Å²) in [7, 11) is 0. The number of aromatic nitrogens is 2. The Bertz CT molecular complexity index is 537. The fourth-order valence-electron chi connectivity index (χ4n) is 1.67. The molecule has 0 unspecified atom stereocenters. The predicted molar refractivity (Wildman–Crippen MR) is 77.5 cm³/mol. The fraction of sp³-hybridized carbons (Fsp3) is 0.467. The van der Waals surface area contributed by atoms with Crippen molar-refractivity contribution in [1.82, 2.24) is 15.5 Å². The van der Waals surface area contributed by atoms with Crippen LogP contribution in [0.3, 0.4) is 0 Å². The molecular formula is C15H21N3O2. The second kappa shape index (κ2) is 7.05. The Morgan fingerprint density at radius 2 is 2.15 bits per heavy atom. The van der Waals surface area contributed by atoms with Gasteiger partial charge in [-0.1, -0.05) is 26.8 Å². The quantitative estimate of drug-likeness (QED) is 0.841. The SMILES string of the molecule is CCCOc1cccc(-c2nnc(CNC(C)C)o2)c1. The van der Waals surface area contributed by atoms with E-state index in [1.54, 1.807) is 0 Å². The van der Waals surface area contributed by atoms with Crippen molar-refractivity contribution in [1.29, 1.82) is 0 Å². The van der Waals surface area contributed by atoms with Crippen LogP contribution in [0.15, 0.2) is 28.7 Å². The average Bonchev–Trinajstić information content (AvgIpc) is 2.92. The second-order valence-electron chi connectivity index (χ2n) is 4.91. The molecule has 20 heavy (non-hydrogen) atoms. The zero-order valence-corrected chi connectivity index (χ0v) is 12.2. The van der Waals surface area contributed by atoms with Gasteiger partial charge in [-0.2, -0.15) is 0 Å². The van der Waals surface area contributed by atoms with E-state index in [1.165, 1.54) is 0 Å². The molecule has 2 rings (SSSR count). The van der Waals surface area contributed by atoms with E-state index in [4.69, 9.17) is 9.15 Å². The van der Waals surface area contributed by atoms with Gasteiger partial charge in [0.15, 0.2) is 0 Å². The molecule has 0 aliphatic rings. The summed E-state index contributed by atoms with van der Waals surface area (Å²) in [5.41, 5.74) is 0.877. The number of nitrogens with zero attached hydrogens (tertiary/aromatic N) is 2. The van der Waals surface area contributed by atoms with Gasteiger partial charge in [0, 0.05) is 11.6 Å². The van der Waals surface area contributed by atoms with Gasteiger partial charge in [-0.3, -0.25) is 0 Å². The highest BCUT2D eigenvalue weighted by molar-refractivity contribution is 5.55. The molecule has 108 valence electrons. The van der Waals surface area contributed by atoms with Crippen molar-refractivity contribution in [3.8, 4) is 17.2 Å². The summed E-state index contributed by atoms with van der Waals surface area (Å²) in [5, 5.41) is 11.4. The lowest BCUT2D eigenvalue weighted by atomic mass is 10.2. The van der Waals surface area contributed by atoms with E-state index < -0.39 is 0 Å². The number of rotatable bonds is 7. The van der Waals surface area contributed by atoms with Crippen molar-refractivity contribution in [2.24, 2.45) is 0 Å². The second-order valence-corrected chi connectivity index (χ2v) is 4.91. The van der Waals surface area contributed by atoms with E-state index in [0.717, 1.165) is 17.7 Å². The Hall–Kier alpha value is -1.88. The van der Waals surface area contributed by atoms with Crippen LogP contribution in [0.2, 0.25) is 0 Å². The molecule has 0 saturated heterocycles. The standard InChI is InChI=1S/C15H21N3O2/c1-4-8-19-13-7-5-6-12(9-13)15-18-17-14(20-15)10-16-11(2)3/h5-7,9,11,16H,4,8,10H2,1-3H3. The molecule has 0 amide bonds. The maximum Gasteiger partial charge on any atom is 0.247 e. The lowest BCUT2D eigenvalue weighted by Gasteiger charge is -2.05. The fourth-order valence-corrected chi connectivity index (χ4v) is 1.67. The molecule has 0 radical (unpaired) electrons. The third-order valence-corrected chi connectivity index (χ3v) is 2.68. The van der Waals surface area contributed by atoms with Gasteiger partial charge in [0.25, 0.3) is 0 Å². The van der Waals surface area contributed by atoms with Crippen LogP contribution >= 0.6 is 0 Å². The first-order valence-corrected chi connectivity index (χ1v) is 6.98. The zero-order valence-electron chi connectivity index (χ0n) is 12.2. The summed E-state index contributed by atoms with van der Waals surface area (Å²) in [5.74, 6) is 1.94. The molecule has 5 heteroatoms. The summed E-state index contributed by atoms with van der Waals surface area (Å²) in [6.07, 6.45) is 0.982. The van der Waals surface area contributed by atoms with Crippen molar-refractivity contribution in [2.75, 3.05) is 6.61 Å². The van der Waals surface area contributed by atoms with Crippen LogP contribution in [-0.2, 0) is 6.54 Å². The Labute approximate surface area is 119 Å². The van der Waals surface area contributed by atoms with Crippen LogP contribution in [0.1, 0.15) is 33.1 Å². The summed E-state index contributed by atoms with van der Waals surface area (Å²) in [6, 6.07) is 8.10. The molecule has 0 atom stereocenters.